The van der Waals surface area contributed by atoms with Gasteiger partial charge >= 0.3 is 6.18 Å². The lowest BCUT2D eigenvalue weighted by atomic mass is 10.1. The van der Waals surface area contributed by atoms with Gasteiger partial charge in [-0.25, -0.2) is 13.1 Å². The minimum absolute atomic E-state index is 0. The highest BCUT2D eigenvalue weighted by molar-refractivity contribution is 7.89. The van der Waals surface area contributed by atoms with E-state index in [0.717, 1.165) is 13.0 Å². The van der Waals surface area contributed by atoms with Gasteiger partial charge in [-0.1, -0.05) is 19.1 Å². The Bertz CT molecular complexity index is 533. The first-order valence-corrected chi connectivity index (χ1v) is 8.09. The molecule has 4 nitrogen and oxygen atoms in total. The summed E-state index contributed by atoms with van der Waals surface area (Å²) in [5.74, 6) is 0. The standard InChI is InChI=1S/C13H19F3N2O2S.ClH/c1-2-7-17-8-9-18-21(19,20)12-5-3-11(4-6-12)10-13(14,15)16;/h3-6,17-18H,2,7-10H2,1H3;1H. The van der Waals surface area contributed by atoms with Gasteiger partial charge in [0.25, 0.3) is 0 Å². The van der Waals surface area contributed by atoms with Crippen LogP contribution in [0.25, 0.3) is 0 Å². The van der Waals surface area contributed by atoms with Gasteiger partial charge in [0.1, 0.15) is 0 Å². The van der Waals surface area contributed by atoms with Gasteiger partial charge in [0.05, 0.1) is 11.3 Å². The molecule has 0 aliphatic heterocycles. The Kier molecular flexibility index (Phi) is 8.99. The molecule has 9 heteroatoms. The first-order chi connectivity index (χ1) is 9.74. The van der Waals surface area contributed by atoms with Crippen LogP contribution in [-0.4, -0.2) is 34.2 Å². The number of rotatable bonds is 8. The second-order valence-corrected chi connectivity index (χ2v) is 6.35. The molecule has 22 heavy (non-hydrogen) atoms. The second-order valence-electron chi connectivity index (χ2n) is 4.58. The molecule has 0 saturated heterocycles. The number of sulfonamides is 1. The van der Waals surface area contributed by atoms with Crippen molar-refractivity contribution in [1.29, 1.82) is 0 Å². The monoisotopic (exact) mass is 360 g/mol. The predicted molar refractivity (Wildman–Crippen MR) is 81.8 cm³/mol. The van der Waals surface area contributed by atoms with Gasteiger partial charge in [0.2, 0.25) is 10.0 Å². The van der Waals surface area contributed by atoms with Crippen LogP contribution in [0.5, 0.6) is 0 Å². The highest BCUT2D eigenvalue weighted by Gasteiger charge is 2.27. The van der Waals surface area contributed by atoms with Gasteiger partial charge in [0.15, 0.2) is 0 Å². The molecular weight excluding hydrogens is 341 g/mol. The Morgan fingerprint density at radius 3 is 2.14 bits per heavy atom. The summed E-state index contributed by atoms with van der Waals surface area (Å²) in [5.41, 5.74) is 0.0334. The highest BCUT2D eigenvalue weighted by atomic mass is 35.5. The maximum atomic E-state index is 12.2. The van der Waals surface area contributed by atoms with Crippen LogP contribution in [0, 0.1) is 0 Å². The first kappa shape index (κ1) is 21.2. The largest absolute Gasteiger partial charge is 0.393 e. The third-order valence-corrected chi connectivity index (χ3v) is 4.14. The Balaban J connectivity index is 0.00000441. The first-order valence-electron chi connectivity index (χ1n) is 6.60. The van der Waals surface area contributed by atoms with Crippen LogP contribution in [0.3, 0.4) is 0 Å². The summed E-state index contributed by atoms with van der Waals surface area (Å²) in [5, 5.41) is 3.04. The third-order valence-electron chi connectivity index (χ3n) is 2.66. The van der Waals surface area contributed by atoms with E-state index in [2.05, 4.69) is 10.0 Å². The third kappa shape index (κ3) is 7.98. The number of benzene rings is 1. The lowest BCUT2D eigenvalue weighted by Gasteiger charge is -2.09. The Morgan fingerprint density at radius 2 is 1.64 bits per heavy atom. The molecule has 0 bridgehead atoms. The van der Waals surface area contributed by atoms with Gasteiger partial charge in [-0.15, -0.1) is 12.4 Å². The Labute approximate surface area is 134 Å². The lowest BCUT2D eigenvalue weighted by Crippen LogP contribution is -2.32. The molecule has 0 aliphatic carbocycles. The van der Waals surface area contributed by atoms with Crippen LogP contribution < -0.4 is 10.0 Å². The Hall–Kier alpha value is -0.830. The molecular formula is C13H20ClF3N2O2S. The summed E-state index contributed by atoms with van der Waals surface area (Å²) in [6, 6.07) is 4.72. The van der Waals surface area contributed by atoms with E-state index in [-0.39, 0.29) is 29.4 Å². The van der Waals surface area contributed by atoms with Crippen molar-refractivity contribution in [1.82, 2.24) is 10.0 Å². The second kappa shape index (κ2) is 9.34. The molecule has 0 aromatic heterocycles. The van der Waals surface area contributed by atoms with Crippen LogP contribution in [-0.2, 0) is 16.4 Å². The minimum Gasteiger partial charge on any atom is -0.315 e. The van der Waals surface area contributed by atoms with E-state index in [4.69, 9.17) is 0 Å². The number of nitrogens with one attached hydrogen (secondary N) is 2. The zero-order valence-corrected chi connectivity index (χ0v) is 13.7. The van der Waals surface area contributed by atoms with Crippen LogP contribution >= 0.6 is 12.4 Å². The van der Waals surface area contributed by atoms with Crippen molar-refractivity contribution >= 4 is 22.4 Å². The molecule has 1 aromatic carbocycles. The van der Waals surface area contributed by atoms with Crippen molar-refractivity contribution in [2.45, 2.75) is 30.8 Å². The summed E-state index contributed by atoms with van der Waals surface area (Å²) in [4.78, 5) is -0.0380. The zero-order chi connectivity index (χ0) is 15.9. The summed E-state index contributed by atoms with van der Waals surface area (Å²) < 4.78 is 62.8. The number of alkyl halides is 3. The van der Waals surface area contributed by atoms with E-state index >= 15 is 0 Å². The van der Waals surface area contributed by atoms with Gasteiger partial charge in [-0.05, 0) is 30.7 Å². The van der Waals surface area contributed by atoms with E-state index in [1.807, 2.05) is 6.92 Å². The summed E-state index contributed by atoms with van der Waals surface area (Å²) >= 11 is 0. The number of halogens is 4. The quantitative estimate of drug-likeness (QED) is 0.700. The SMILES string of the molecule is CCCNCCNS(=O)(=O)c1ccc(CC(F)(F)F)cc1.Cl. The van der Waals surface area contributed by atoms with Crippen molar-refractivity contribution in [2.75, 3.05) is 19.6 Å². The van der Waals surface area contributed by atoms with E-state index in [1.165, 1.54) is 24.3 Å². The number of hydrogen-bond donors (Lipinski definition) is 2. The lowest BCUT2D eigenvalue weighted by molar-refractivity contribution is -0.127. The average Bonchev–Trinajstić information content (AvgIpc) is 2.37. The van der Waals surface area contributed by atoms with E-state index in [9.17, 15) is 21.6 Å². The maximum Gasteiger partial charge on any atom is 0.393 e. The molecule has 0 spiro atoms. The Morgan fingerprint density at radius 1 is 1.05 bits per heavy atom. The fourth-order valence-electron chi connectivity index (χ4n) is 1.68. The maximum absolute atomic E-state index is 12.2. The smallest absolute Gasteiger partial charge is 0.315 e. The zero-order valence-electron chi connectivity index (χ0n) is 12.1. The summed E-state index contributed by atoms with van der Waals surface area (Å²) in [7, 11) is -3.68. The molecule has 1 rings (SSSR count). The summed E-state index contributed by atoms with van der Waals surface area (Å²) in [6.07, 6.45) is -4.42. The molecule has 0 unspecified atom stereocenters. The highest BCUT2D eigenvalue weighted by Crippen LogP contribution is 2.22. The topological polar surface area (TPSA) is 58.2 Å². The van der Waals surface area contributed by atoms with Crippen molar-refractivity contribution < 1.29 is 21.6 Å². The van der Waals surface area contributed by atoms with Crippen molar-refractivity contribution in [3.8, 4) is 0 Å². The average molecular weight is 361 g/mol. The molecule has 1 aromatic rings. The van der Waals surface area contributed by atoms with Crippen LogP contribution in [0.1, 0.15) is 18.9 Å². The molecule has 0 saturated carbocycles. The molecule has 0 radical (unpaired) electrons. The number of hydrogen-bond acceptors (Lipinski definition) is 3. The molecule has 2 N–H and O–H groups in total. The van der Waals surface area contributed by atoms with Crippen molar-refractivity contribution in [3.63, 3.8) is 0 Å². The van der Waals surface area contributed by atoms with Gasteiger partial charge in [-0.3, -0.25) is 0 Å². The van der Waals surface area contributed by atoms with Gasteiger partial charge < -0.3 is 5.32 Å². The van der Waals surface area contributed by atoms with Crippen molar-refractivity contribution in [2.24, 2.45) is 0 Å². The molecule has 0 fully saturated rings. The van der Waals surface area contributed by atoms with E-state index in [0.29, 0.717) is 6.54 Å². The fourth-order valence-corrected chi connectivity index (χ4v) is 2.71. The van der Waals surface area contributed by atoms with Crippen LogP contribution in [0.4, 0.5) is 13.2 Å². The molecule has 128 valence electrons. The van der Waals surface area contributed by atoms with Crippen LogP contribution in [0.2, 0.25) is 0 Å². The van der Waals surface area contributed by atoms with E-state index in [1.54, 1.807) is 0 Å². The minimum atomic E-state index is -4.30. The molecule has 0 heterocycles. The molecule has 0 aliphatic rings. The normalized spacial score (nSPS) is 12.0. The molecule has 0 amide bonds. The fraction of sp³-hybridized carbons (Fsp3) is 0.538. The van der Waals surface area contributed by atoms with Crippen LogP contribution in [0.15, 0.2) is 29.2 Å². The summed E-state index contributed by atoms with van der Waals surface area (Å²) in [6.45, 7) is 3.53. The van der Waals surface area contributed by atoms with Gasteiger partial charge in [0, 0.05) is 13.1 Å². The van der Waals surface area contributed by atoms with Gasteiger partial charge in [-0.2, -0.15) is 13.2 Å². The van der Waals surface area contributed by atoms with E-state index < -0.39 is 22.6 Å². The van der Waals surface area contributed by atoms with Crippen molar-refractivity contribution in [3.05, 3.63) is 29.8 Å². The molecule has 0 atom stereocenters. The predicted octanol–water partition coefficient (Wildman–Crippen LogP) is 2.49.